The molecule has 0 radical (unpaired) electrons. The largest absolute Gasteiger partial charge is 0.482 e. The molecule has 0 fully saturated rings. The van der Waals surface area contributed by atoms with Crippen molar-refractivity contribution in [3.63, 3.8) is 0 Å². The lowest BCUT2D eigenvalue weighted by Gasteiger charge is -2.35. The van der Waals surface area contributed by atoms with Crippen LogP contribution in [0.4, 0.5) is 26.3 Å². The summed E-state index contributed by atoms with van der Waals surface area (Å²) >= 11 is 0. The Labute approximate surface area is 187 Å². The Hall–Kier alpha value is -3.33. The molecular formula is C19H14F6O8S. The number of hydrogen-bond acceptors (Lipinski definition) is 7. The number of benzene rings is 2. The third-order valence-corrected chi connectivity index (χ3v) is 4.89. The van der Waals surface area contributed by atoms with Gasteiger partial charge in [-0.15, -0.1) is 0 Å². The zero-order valence-corrected chi connectivity index (χ0v) is 17.5. The quantitative estimate of drug-likeness (QED) is 0.186. The second kappa shape index (κ2) is 9.50. The van der Waals surface area contributed by atoms with Crippen LogP contribution >= 0.6 is 0 Å². The highest BCUT2D eigenvalue weighted by Crippen LogP contribution is 2.46. The molecule has 8 nitrogen and oxygen atoms in total. The number of esters is 2. The van der Waals surface area contributed by atoms with Gasteiger partial charge >= 0.3 is 29.9 Å². The SMILES string of the molecule is C=CC(=O)Oc1ccc2cc(OCC(=O)OC(CS(=O)(=O)O)(C(F)(F)F)C(F)(F)F)ccc2c1. The number of carbonyl (C=O) groups is 2. The molecule has 2 aromatic carbocycles. The van der Waals surface area contributed by atoms with Crippen LogP contribution in [0.5, 0.6) is 11.5 Å². The van der Waals surface area contributed by atoms with Crippen LogP contribution < -0.4 is 9.47 Å². The van der Waals surface area contributed by atoms with E-state index in [1.165, 1.54) is 36.4 Å². The van der Waals surface area contributed by atoms with E-state index < -0.39 is 52.4 Å². The van der Waals surface area contributed by atoms with E-state index >= 15 is 0 Å². The predicted octanol–water partition coefficient (Wildman–Crippen LogP) is 3.60. The molecule has 0 aliphatic heterocycles. The summed E-state index contributed by atoms with van der Waals surface area (Å²) in [5.74, 6) is -5.93. The van der Waals surface area contributed by atoms with Gasteiger partial charge in [0.25, 0.3) is 10.1 Å². The van der Waals surface area contributed by atoms with Crippen LogP contribution in [-0.2, 0) is 24.4 Å². The van der Waals surface area contributed by atoms with Gasteiger partial charge in [0.1, 0.15) is 17.3 Å². The topological polar surface area (TPSA) is 116 Å². The lowest BCUT2D eigenvalue weighted by atomic mass is 10.1. The van der Waals surface area contributed by atoms with Gasteiger partial charge in [0.05, 0.1) is 0 Å². The Balaban J connectivity index is 2.21. The lowest BCUT2D eigenvalue weighted by Crippen LogP contribution is -2.63. The van der Waals surface area contributed by atoms with Crippen LogP contribution in [0.25, 0.3) is 10.8 Å². The van der Waals surface area contributed by atoms with Crippen molar-refractivity contribution in [1.82, 2.24) is 0 Å². The van der Waals surface area contributed by atoms with Crippen molar-refractivity contribution in [2.45, 2.75) is 18.0 Å². The first-order chi connectivity index (χ1) is 15.5. The van der Waals surface area contributed by atoms with Gasteiger partial charge in [-0.25, -0.2) is 9.59 Å². The molecule has 2 aromatic rings. The number of carbonyl (C=O) groups excluding carboxylic acids is 2. The Morgan fingerprint density at radius 3 is 1.91 bits per heavy atom. The maximum Gasteiger partial charge on any atom is 0.438 e. The highest BCUT2D eigenvalue weighted by Gasteiger charge is 2.75. The molecule has 2 rings (SSSR count). The van der Waals surface area contributed by atoms with Crippen molar-refractivity contribution >= 4 is 32.8 Å². The summed E-state index contributed by atoms with van der Waals surface area (Å²) in [7, 11) is -5.89. The normalized spacial score (nSPS) is 12.8. The first-order valence-corrected chi connectivity index (χ1v) is 10.4. The summed E-state index contributed by atoms with van der Waals surface area (Å²) in [6, 6.07) is 8.10. The maximum atomic E-state index is 13.2. The fourth-order valence-electron chi connectivity index (χ4n) is 2.61. The highest BCUT2D eigenvalue weighted by molar-refractivity contribution is 7.85. The zero-order valence-electron chi connectivity index (χ0n) is 16.6. The molecule has 0 bridgehead atoms. The maximum absolute atomic E-state index is 13.2. The molecule has 186 valence electrons. The van der Waals surface area contributed by atoms with Gasteiger partial charge in [-0.1, -0.05) is 18.7 Å². The number of fused-ring (bicyclic) bond motifs is 1. The third kappa shape index (κ3) is 6.38. The van der Waals surface area contributed by atoms with Gasteiger partial charge in [0.15, 0.2) is 6.61 Å². The smallest absolute Gasteiger partial charge is 0.438 e. The molecule has 0 amide bonds. The van der Waals surface area contributed by atoms with E-state index in [0.29, 0.717) is 10.8 Å². The summed E-state index contributed by atoms with van der Waals surface area (Å²) in [6.45, 7) is 1.78. The molecule has 0 unspecified atom stereocenters. The predicted molar refractivity (Wildman–Crippen MR) is 103 cm³/mol. The molecule has 0 heterocycles. The van der Waals surface area contributed by atoms with Crippen LogP contribution in [0.15, 0.2) is 49.1 Å². The van der Waals surface area contributed by atoms with Crippen LogP contribution in [0.3, 0.4) is 0 Å². The molecule has 0 saturated heterocycles. The van der Waals surface area contributed by atoms with Gasteiger partial charge in [-0.2, -0.15) is 34.8 Å². The van der Waals surface area contributed by atoms with Crippen LogP contribution in [0, 0.1) is 0 Å². The number of alkyl halides is 6. The van der Waals surface area contributed by atoms with E-state index in [1.54, 1.807) is 0 Å². The van der Waals surface area contributed by atoms with Crippen molar-refractivity contribution in [2.75, 3.05) is 12.4 Å². The van der Waals surface area contributed by atoms with Gasteiger partial charge < -0.3 is 14.2 Å². The molecule has 0 spiro atoms. The third-order valence-electron chi connectivity index (χ3n) is 4.11. The Morgan fingerprint density at radius 2 is 1.44 bits per heavy atom. The first kappa shape index (κ1) is 26.9. The number of hydrogen-bond donors (Lipinski definition) is 1. The lowest BCUT2D eigenvalue weighted by molar-refractivity contribution is -0.361. The molecule has 15 heteroatoms. The van der Waals surface area contributed by atoms with Gasteiger partial charge in [0, 0.05) is 6.08 Å². The molecule has 0 aliphatic rings. The number of halogens is 6. The van der Waals surface area contributed by atoms with E-state index in [2.05, 4.69) is 11.3 Å². The highest BCUT2D eigenvalue weighted by atomic mass is 32.2. The van der Waals surface area contributed by atoms with Crippen LogP contribution in [-0.4, -0.2) is 55.2 Å². The minimum Gasteiger partial charge on any atom is -0.482 e. The Kier molecular flexibility index (Phi) is 7.52. The van der Waals surface area contributed by atoms with Crippen molar-refractivity contribution in [1.29, 1.82) is 0 Å². The standard InChI is InChI=1S/C19H14F6O8S/c1-2-15(26)32-14-6-4-11-7-13(5-3-12(11)8-14)31-9-16(27)33-17(18(20,21)22,19(23,24)25)10-34(28,29)30/h2-8H,1,9-10H2,(H,28,29,30). The summed E-state index contributed by atoms with van der Waals surface area (Å²) < 4.78 is 123. The second-order valence-corrected chi connectivity index (χ2v) is 8.06. The monoisotopic (exact) mass is 516 g/mol. The van der Waals surface area contributed by atoms with Gasteiger partial charge in [0.2, 0.25) is 0 Å². The van der Waals surface area contributed by atoms with Gasteiger partial charge in [-0.05, 0) is 35.0 Å². The van der Waals surface area contributed by atoms with E-state index in [4.69, 9.17) is 14.0 Å². The van der Waals surface area contributed by atoms with E-state index in [0.717, 1.165) is 6.08 Å². The summed E-state index contributed by atoms with van der Waals surface area (Å²) in [5, 5.41) is 0.918. The fraction of sp³-hybridized carbons (Fsp3) is 0.263. The van der Waals surface area contributed by atoms with E-state index in [1.807, 2.05) is 0 Å². The number of rotatable bonds is 8. The van der Waals surface area contributed by atoms with Crippen molar-refractivity contribution in [3.05, 3.63) is 49.1 Å². The molecular weight excluding hydrogens is 502 g/mol. The minimum absolute atomic E-state index is 0.157. The molecule has 0 aromatic heterocycles. The van der Waals surface area contributed by atoms with E-state index in [9.17, 15) is 44.3 Å². The Morgan fingerprint density at radius 1 is 0.941 bits per heavy atom. The average Bonchev–Trinajstić information content (AvgIpc) is 2.68. The van der Waals surface area contributed by atoms with E-state index in [-0.39, 0.29) is 11.5 Å². The molecule has 1 N–H and O–H groups in total. The molecule has 0 saturated carbocycles. The molecule has 0 aliphatic carbocycles. The average molecular weight is 516 g/mol. The fourth-order valence-corrected chi connectivity index (χ4v) is 3.51. The minimum atomic E-state index is -6.44. The summed E-state index contributed by atoms with van der Waals surface area (Å²) in [4.78, 5) is 23.0. The second-order valence-electron chi connectivity index (χ2n) is 6.61. The van der Waals surface area contributed by atoms with Gasteiger partial charge in [-0.3, -0.25) is 4.55 Å². The van der Waals surface area contributed by atoms with Crippen molar-refractivity contribution in [2.24, 2.45) is 0 Å². The first-order valence-electron chi connectivity index (χ1n) is 8.79. The number of ether oxygens (including phenoxy) is 3. The zero-order chi connectivity index (χ0) is 25.9. The van der Waals surface area contributed by atoms with Crippen LogP contribution in [0.1, 0.15) is 0 Å². The summed E-state index contributed by atoms with van der Waals surface area (Å²) in [6.07, 6.45) is -11.9. The summed E-state index contributed by atoms with van der Waals surface area (Å²) in [5.41, 5.74) is -5.52. The molecule has 0 atom stereocenters. The molecule has 34 heavy (non-hydrogen) atoms. The van der Waals surface area contributed by atoms with Crippen molar-refractivity contribution < 1.29 is 63.1 Å². The van der Waals surface area contributed by atoms with Crippen LogP contribution in [0.2, 0.25) is 0 Å². The van der Waals surface area contributed by atoms with Crippen molar-refractivity contribution in [3.8, 4) is 11.5 Å². The Bertz CT molecular complexity index is 1190.